The average molecular weight is 284 g/mol. The Morgan fingerprint density at radius 1 is 1.50 bits per heavy atom. The quantitative estimate of drug-likeness (QED) is 0.460. The lowest BCUT2D eigenvalue weighted by molar-refractivity contribution is -0.120. The molecule has 0 aromatic heterocycles. The third-order valence-corrected chi connectivity index (χ3v) is 1.65. The third-order valence-electron chi connectivity index (χ3n) is 1.34. The fourth-order valence-corrected chi connectivity index (χ4v) is 1.23. The number of amides is 2. The fraction of sp³-hybridized carbons (Fsp3) is 0.714. The van der Waals surface area contributed by atoms with Crippen molar-refractivity contribution in [3.8, 4) is 0 Å². The molecule has 0 aromatic rings. The van der Waals surface area contributed by atoms with Gasteiger partial charge in [-0.2, -0.15) is 0 Å². The van der Waals surface area contributed by atoms with Crippen LogP contribution in [0, 0.1) is 5.92 Å². The minimum atomic E-state index is -0.533. The first-order valence-electron chi connectivity index (χ1n) is 3.68. The Morgan fingerprint density at radius 2 is 2.00 bits per heavy atom. The van der Waals surface area contributed by atoms with E-state index in [0.29, 0.717) is 12.3 Å². The lowest BCUT2D eigenvalue weighted by Crippen LogP contribution is -2.43. The number of halogens is 1. The van der Waals surface area contributed by atoms with Gasteiger partial charge in [0.25, 0.3) is 3.91 Å². The van der Waals surface area contributed by atoms with Crippen LogP contribution < -0.4 is 11.1 Å². The first-order chi connectivity index (χ1) is 5.43. The summed E-state index contributed by atoms with van der Waals surface area (Å²) >= 11 is 1.58. The molecule has 5 heteroatoms. The Kier molecular flexibility index (Phi) is 5.19. The maximum absolute atomic E-state index is 10.8. The molecule has 1 atom stereocenters. The van der Waals surface area contributed by atoms with Gasteiger partial charge in [-0.05, 0) is 12.3 Å². The molecule has 0 bridgehead atoms. The van der Waals surface area contributed by atoms with E-state index in [4.69, 9.17) is 5.73 Å². The Hall–Kier alpha value is -0.330. The van der Waals surface area contributed by atoms with E-state index in [1.54, 1.807) is 22.6 Å². The number of rotatable bonds is 4. The lowest BCUT2D eigenvalue weighted by atomic mass is 10.0. The van der Waals surface area contributed by atoms with Gasteiger partial charge in [-0.25, -0.2) is 0 Å². The molecule has 0 heterocycles. The van der Waals surface area contributed by atoms with Crippen LogP contribution >= 0.6 is 22.6 Å². The van der Waals surface area contributed by atoms with Crippen LogP contribution in [-0.4, -0.2) is 15.9 Å². The maximum Gasteiger partial charge on any atom is 0.281 e. The number of hydrogen-bond donors (Lipinski definition) is 2. The Bertz CT molecular complexity index is 182. The second kappa shape index (κ2) is 5.34. The number of carbonyl (C=O) groups excluding carboxylic acids is 2. The molecular formula is C7H13IN2O2. The molecular weight excluding hydrogens is 271 g/mol. The summed E-state index contributed by atoms with van der Waals surface area (Å²) in [5, 5.41) is 2.48. The minimum Gasteiger partial charge on any atom is -0.368 e. The molecule has 4 nitrogen and oxygen atoms in total. The van der Waals surface area contributed by atoms with Crippen molar-refractivity contribution in [1.29, 1.82) is 0 Å². The van der Waals surface area contributed by atoms with Gasteiger partial charge in [0.05, 0.1) is 0 Å². The minimum absolute atomic E-state index is 0.253. The molecule has 0 fully saturated rings. The molecule has 0 aliphatic rings. The normalized spacial score (nSPS) is 12.7. The highest BCUT2D eigenvalue weighted by Crippen LogP contribution is 2.04. The van der Waals surface area contributed by atoms with Crippen molar-refractivity contribution in [1.82, 2.24) is 5.32 Å². The zero-order valence-electron chi connectivity index (χ0n) is 7.13. The van der Waals surface area contributed by atoms with E-state index in [1.165, 1.54) is 0 Å². The molecule has 0 saturated carbocycles. The van der Waals surface area contributed by atoms with Crippen LogP contribution in [0.5, 0.6) is 0 Å². The molecule has 1 unspecified atom stereocenters. The summed E-state index contributed by atoms with van der Waals surface area (Å²) in [6.07, 6.45) is 0.587. The van der Waals surface area contributed by atoms with E-state index in [-0.39, 0.29) is 3.91 Å². The third kappa shape index (κ3) is 5.34. The zero-order valence-corrected chi connectivity index (χ0v) is 9.29. The molecule has 0 aliphatic carbocycles. The van der Waals surface area contributed by atoms with E-state index in [0.717, 1.165) is 0 Å². The largest absolute Gasteiger partial charge is 0.368 e. The van der Waals surface area contributed by atoms with Crippen LogP contribution in [0.1, 0.15) is 20.3 Å². The standard InChI is InChI=1S/C7H13IN2O2/c1-4(2)3-5(6(9)11)10-7(8)12/h4-5H,3H2,1-2H3,(H2,9,11)(H,10,12). The van der Waals surface area contributed by atoms with Crippen LogP contribution in [0.15, 0.2) is 0 Å². The van der Waals surface area contributed by atoms with Gasteiger partial charge in [0.2, 0.25) is 5.91 Å². The lowest BCUT2D eigenvalue weighted by Gasteiger charge is -2.15. The zero-order chi connectivity index (χ0) is 9.72. The van der Waals surface area contributed by atoms with E-state index in [1.807, 2.05) is 13.8 Å². The highest BCUT2D eigenvalue weighted by Gasteiger charge is 2.17. The highest BCUT2D eigenvalue weighted by molar-refractivity contribution is 14.1. The molecule has 0 radical (unpaired) electrons. The van der Waals surface area contributed by atoms with Crippen LogP contribution in [-0.2, 0) is 4.79 Å². The number of nitrogens with one attached hydrogen (secondary N) is 1. The molecule has 12 heavy (non-hydrogen) atoms. The molecule has 3 N–H and O–H groups in total. The second-order valence-corrected chi connectivity index (χ2v) is 3.98. The summed E-state index contributed by atoms with van der Waals surface area (Å²) in [5.41, 5.74) is 5.08. The van der Waals surface area contributed by atoms with Crippen molar-refractivity contribution < 1.29 is 9.59 Å². The summed E-state index contributed by atoms with van der Waals surface area (Å²) in [4.78, 5) is 21.4. The highest BCUT2D eigenvalue weighted by atomic mass is 127. The van der Waals surface area contributed by atoms with Gasteiger partial charge in [-0.3, -0.25) is 9.59 Å². The second-order valence-electron chi connectivity index (χ2n) is 3.00. The van der Waals surface area contributed by atoms with Gasteiger partial charge in [-0.1, -0.05) is 13.8 Å². The monoisotopic (exact) mass is 284 g/mol. The summed E-state index contributed by atoms with van der Waals surface area (Å²) in [5.74, 6) is -0.139. The first-order valence-corrected chi connectivity index (χ1v) is 4.76. The van der Waals surface area contributed by atoms with Crippen LogP contribution in [0.4, 0.5) is 4.79 Å². The van der Waals surface area contributed by atoms with Crippen LogP contribution in [0.3, 0.4) is 0 Å². The molecule has 0 aliphatic heterocycles. The van der Waals surface area contributed by atoms with Gasteiger partial charge in [-0.15, -0.1) is 0 Å². The van der Waals surface area contributed by atoms with E-state index in [9.17, 15) is 9.59 Å². The maximum atomic E-state index is 10.8. The molecule has 0 rings (SSSR count). The number of hydrogen-bond acceptors (Lipinski definition) is 2. The molecule has 0 saturated heterocycles. The van der Waals surface area contributed by atoms with Gasteiger partial charge in [0.1, 0.15) is 6.04 Å². The summed E-state index contributed by atoms with van der Waals surface area (Å²) in [6, 6.07) is -0.533. The van der Waals surface area contributed by atoms with Crippen molar-refractivity contribution in [2.24, 2.45) is 11.7 Å². The topological polar surface area (TPSA) is 72.2 Å². The smallest absolute Gasteiger partial charge is 0.281 e. The van der Waals surface area contributed by atoms with Gasteiger partial charge < -0.3 is 11.1 Å². The predicted octanol–water partition coefficient (Wildman–Crippen LogP) is 1.03. The number of nitrogens with two attached hydrogens (primary N) is 1. The summed E-state index contributed by atoms with van der Waals surface area (Å²) in [7, 11) is 0. The molecule has 70 valence electrons. The average Bonchev–Trinajstić information content (AvgIpc) is 1.83. The van der Waals surface area contributed by atoms with Gasteiger partial charge >= 0.3 is 0 Å². The van der Waals surface area contributed by atoms with Crippen molar-refractivity contribution in [3.63, 3.8) is 0 Å². The first kappa shape index (κ1) is 11.7. The number of primary amides is 1. The van der Waals surface area contributed by atoms with Crippen molar-refractivity contribution in [2.75, 3.05) is 0 Å². The van der Waals surface area contributed by atoms with Crippen molar-refractivity contribution in [2.45, 2.75) is 26.3 Å². The Labute approximate surface area is 85.4 Å². The summed E-state index contributed by atoms with van der Waals surface area (Å²) in [6.45, 7) is 3.94. The van der Waals surface area contributed by atoms with Gasteiger partial charge in [0.15, 0.2) is 0 Å². The van der Waals surface area contributed by atoms with E-state index in [2.05, 4.69) is 5.32 Å². The van der Waals surface area contributed by atoms with Crippen LogP contribution in [0.25, 0.3) is 0 Å². The molecule has 0 aromatic carbocycles. The van der Waals surface area contributed by atoms with Crippen molar-refractivity contribution >= 4 is 32.4 Å². The van der Waals surface area contributed by atoms with Crippen molar-refractivity contribution in [3.05, 3.63) is 0 Å². The Morgan fingerprint density at radius 3 is 2.25 bits per heavy atom. The fourth-order valence-electron chi connectivity index (χ4n) is 0.855. The molecule has 0 spiro atoms. The van der Waals surface area contributed by atoms with E-state index >= 15 is 0 Å². The van der Waals surface area contributed by atoms with Gasteiger partial charge in [0, 0.05) is 22.6 Å². The number of carbonyl (C=O) groups is 2. The summed E-state index contributed by atoms with van der Waals surface area (Å²) < 4.78 is -0.253. The predicted molar refractivity (Wildman–Crippen MR) is 55.0 cm³/mol. The van der Waals surface area contributed by atoms with Crippen LogP contribution in [0.2, 0.25) is 0 Å². The van der Waals surface area contributed by atoms with E-state index < -0.39 is 11.9 Å². The SMILES string of the molecule is CC(C)CC(NC(=O)I)C(N)=O. The molecule has 2 amide bonds. The Balaban J connectivity index is 4.04.